The molecule has 1 atom stereocenters. The van der Waals surface area contributed by atoms with Crippen molar-refractivity contribution in [2.24, 2.45) is 4.99 Å². The number of morpholine rings is 1. The van der Waals surface area contributed by atoms with Gasteiger partial charge < -0.3 is 29.5 Å². The summed E-state index contributed by atoms with van der Waals surface area (Å²) in [5.41, 5.74) is 1.05. The lowest BCUT2D eigenvalue weighted by molar-refractivity contribution is 0.0195. The molecule has 0 spiro atoms. The zero-order valence-corrected chi connectivity index (χ0v) is 17.6. The average Bonchev–Trinajstić information content (AvgIpc) is 3.26. The minimum atomic E-state index is -0.0253. The predicted molar refractivity (Wildman–Crippen MR) is 113 cm³/mol. The summed E-state index contributed by atoms with van der Waals surface area (Å²) in [6.07, 6.45) is 1.16. The van der Waals surface area contributed by atoms with E-state index in [0.29, 0.717) is 24.1 Å². The minimum absolute atomic E-state index is 0.0253. The quantitative estimate of drug-likeness (QED) is 0.491. The number of methoxy groups -OCH3 is 1. The Bertz CT molecular complexity index is 664. The van der Waals surface area contributed by atoms with Crippen molar-refractivity contribution in [2.75, 3.05) is 66.3 Å². The number of aliphatic imine (C=N–C) groups is 1. The van der Waals surface area contributed by atoms with Crippen molar-refractivity contribution >= 4 is 5.96 Å². The van der Waals surface area contributed by atoms with Gasteiger partial charge in [0.2, 0.25) is 0 Å². The van der Waals surface area contributed by atoms with E-state index < -0.39 is 0 Å². The van der Waals surface area contributed by atoms with Crippen LogP contribution in [0.25, 0.3) is 0 Å². The second-order valence-corrected chi connectivity index (χ2v) is 7.26. The van der Waals surface area contributed by atoms with E-state index in [-0.39, 0.29) is 13.2 Å². The largest absolute Gasteiger partial charge is 0.493 e. The molecule has 0 saturated carbocycles. The Morgan fingerprint density at radius 1 is 1.28 bits per heavy atom. The number of nitrogens with one attached hydrogen (secondary N) is 1. The normalized spacial score (nSPS) is 20.7. The Kier molecular flexibility index (Phi) is 8.39. The zero-order valence-electron chi connectivity index (χ0n) is 17.6. The molecule has 1 unspecified atom stereocenters. The first-order chi connectivity index (χ1) is 14.2. The van der Waals surface area contributed by atoms with Crippen molar-refractivity contribution in [1.82, 2.24) is 15.1 Å². The fourth-order valence-corrected chi connectivity index (χ4v) is 3.85. The van der Waals surface area contributed by atoms with Gasteiger partial charge in [-0.05, 0) is 31.0 Å². The SMILES string of the molecule is CCNC(=NCc1ccc(OCCO)c(OC)c1)N1CCC(N2CCOCC2)C1. The van der Waals surface area contributed by atoms with E-state index in [1.165, 1.54) is 0 Å². The lowest BCUT2D eigenvalue weighted by atomic mass is 10.2. The summed E-state index contributed by atoms with van der Waals surface area (Å²) in [6.45, 7) is 9.48. The number of aliphatic hydroxyl groups excluding tert-OH is 1. The third-order valence-electron chi connectivity index (χ3n) is 5.35. The van der Waals surface area contributed by atoms with E-state index in [2.05, 4.69) is 22.0 Å². The Hall–Kier alpha value is -2.03. The van der Waals surface area contributed by atoms with Gasteiger partial charge in [-0.1, -0.05) is 6.07 Å². The molecule has 2 fully saturated rings. The predicted octanol–water partition coefficient (Wildman–Crippen LogP) is 0.938. The molecule has 0 aromatic heterocycles. The lowest BCUT2D eigenvalue weighted by Crippen LogP contribution is -2.46. The molecule has 8 heteroatoms. The van der Waals surface area contributed by atoms with E-state index in [9.17, 15) is 0 Å². The standard InChI is InChI=1S/C21H34N4O4/c1-3-22-21(25-7-6-18(16-25)24-8-11-28-12-9-24)23-15-17-4-5-19(29-13-10-26)20(14-17)27-2/h4-5,14,18,26H,3,6-13,15-16H2,1-2H3,(H,22,23). The van der Waals surface area contributed by atoms with Crippen LogP contribution in [0.1, 0.15) is 18.9 Å². The second-order valence-electron chi connectivity index (χ2n) is 7.26. The topological polar surface area (TPSA) is 78.8 Å². The third-order valence-corrected chi connectivity index (χ3v) is 5.35. The van der Waals surface area contributed by atoms with Gasteiger partial charge in [0.25, 0.3) is 0 Å². The Morgan fingerprint density at radius 2 is 2.10 bits per heavy atom. The van der Waals surface area contributed by atoms with Crippen molar-refractivity contribution < 1.29 is 19.3 Å². The van der Waals surface area contributed by atoms with Crippen molar-refractivity contribution in [3.05, 3.63) is 23.8 Å². The minimum Gasteiger partial charge on any atom is -0.493 e. The van der Waals surface area contributed by atoms with Crippen LogP contribution in [0, 0.1) is 0 Å². The zero-order chi connectivity index (χ0) is 20.5. The van der Waals surface area contributed by atoms with Gasteiger partial charge in [0, 0.05) is 38.8 Å². The maximum absolute atomic E-state index is 8.94. The molecule has 2 heterocycles. The number of guanidine groups is 1. The smallest absolute Gasteiger partial charge is 0.194 e. The Balaban J connectivity index is 1.63. The van der Waals surface area contributed by atoms with Crippen molar-refractivity contribution in [3.8, 4) is 11.5 Å². The van der Waals surface area contributed by atoms with Gasteiger partial charge in [-0.25, -0.2) is 4.99 Å². The van der Waals surface area contributed by atoms with Gasteiger partial charge >= 0.3 is 0 Å². The first-order valence-electron chi connectivity index (χ1n) is 10.5. The summed E-state index contributed by atoms with van der Waals surface area (Å²) < 4.78 is 16.4. The molecular weight excluding hydrogens is 372 g/mol. The fraction of sp³-hybridized carbons (Fsp3) is 0.667. The highest BCUT2D eigenvalue weighted by atomic mass is 16.5. The van der Waals surface area contributed by atoms with Crippen LogP contribution in [-0.4, -0.2) is 93.2 Å². The fourth-order valence-electron chi connectivity index (χ4n) is 3.85. The highest BCUT2D eigenvalue weighted by Crippen LogP contribution is 2.28. The first-order valence-corrected chi connectivity index (χ1v) is 10.5. The Labute approximate surface area is 173 Å². The van der Waals surface area contributed by atoms with Gasteiger partial charge in [-0.2, -0.15) is 0 Å². The maximum Gasteiger partial charge on any atom is 0.194 e. The lowest BCUT2D eigenvalue weighted by Gasteiger charge is -2.32. The molecule has 0 radical (unpaired) electrons. The molecule has 1 aromatic rings. The summed E-state index contributed by atoms with van der Waals surface area (Å²) in [4.78, 5) is 9.77. The van der Waals surface area contributed by atoms with Crippen LogP contribution in [0.5, 0.6) is 11.5 Å². The third kappa shape index (κ3) is 5.98. The van der Waals surface area contributed by atoms with Crippen molar-refractivity contribution in [2.45, 2.75) is 25.9 Å². The molecule has 2 aliphatic rings. The van der Waals surface area contributed by atoms with Gasteiger partial charge in [-0.15, -0.1) is 0 Å². The monoisotopic (exact) mass is 406 g/mol. The summed E-state index contributed by atoms with van der Waals surface area (Å²) in [5.74, 6) is 2.25. The first kappa shape index (κ1) is 21.7. The molecule has 0 bridgehead atoms. The number of hydrogen-bond acceptors (Lipinski definition) is 6. The van der Waals surface area contributed by atoms with E-state index >= 15 is 0 Å². The highest BCUT2D eigenvalue weighted by Gasteiger charge is 2.30. The van der Waals surface area contributed by atoms with Crippen LogP contribution in [0.15, 0.2) is 23.2 Å². The van der Waals surface area contributed by atoms with Crippen LogP contribution < -0.4 is 14.8 Å². The number of likely N-dealkylation sites (tertiary alicyclic amines) is 1. The summed E-state index contributed by atoms with van der Waals surface area (Å²) >= 11 is 0. The van der Waals surface area contributed by atoms with Crippen LogP contribution in [0.4, 0.5) is 0 Å². The molecule has 8 nitrogen and oxygen atoms in total. The molecule has 2 aliphatic heterocycles. The summed E-state index contributed by atoms with van der Waals surface area (Å²) in [5, 5.41) is 12.4. The van der Waals surface area contributed by atoms with Crippen molar-refractivity contribution in [3.63, 3.8) is 0 Å². The molecule has 0 amide bonds. The number of rotatable bonds is 8. The number of ether oxygens (including phenoxy) is 3. The molecule has 3 rings (SSSR count). The summed E-state index contributed by atoms with van der Waals surface area (Å²) in [7, 11) is 1.62. The van der Waals surface area contributed by atoms with Gasteiger partial charge in [0.1, 0.15) is 6.61 Å². The van der Waals surface area contributed by atoms with Crippen LogP contribution in [0.2, 0.25) is 0 Å². The highest BCUT2D eigenvalue weighted by molar-refractivity contribution is 5.80. The number of nitrogens with zero attached hydrogens (tertiary/aromatic N) is 3. The molecule has 2 N–H and O–H groups in total. The molecule has 162 valence electrons. The molecule has 0 aliphatic carbocycles. The van der Waals surface area contributed by atoms with E-state index in [1.807, 2.05) is 18.2 Å². The van der Waals surface area contributed by atoms with Gasteiger partial charge in [0.05, 0.1) is 33.5 Å². The Morgan fingerprint density at radius 3 is 2.83 bits per heavy atom. The molecule has 2 saturated heterocycles. The second kappa shape index (κ2) is 11.2. The maximum atomic E-state index is 8.94. The summed E-state index contributed by atoms with van der Waals surface area (Å²) in [6, 6.07) is 6.38. The van der Waals surface area contributed by atoms with E-state index in [0.717, 1.165) is 63.9 Å². The van der Waals surface area contributed by atoms with Crippen LogP contribution in [0.3, 0.4) is 0 Å². The molecule has 1 aromatic carbocycles. The van der Waals surface area contributed by atoms with Crippen LogP contribution >= 0.6 is 0 Å². The number of hydrogen-bond donors (Lipinski definition) is 2. The number of aliphatic hydroxyl groups is 1. The molecular formula is C21H34N4O4. The van der Waals surface area contributed by atoms with Gasteiger partial charge in [0.15, 0.2) is 17.5 Å². The average molecular weight is 407 g/mol. The van der Waals surface area contributed by atoms with E-state index in [4.69, 9.17) is 24.3 Å². The molecule has 29 heavy (non-hydrogen) atoms. The van der Waals surface area contributed by atoms with E-state index in [1.54, 1.807) is 7.11 Å². The number of benzene rings is 1. The van der Waals surface area contributed by atoms with Crippen LogP contribution in [-0.2, 0) is 11.3 Å². The van der Waals surface area contributed by atoms with Crippen molar-refractivity contribution in [1.29, 1.82) is 0 Å². The van der Waals surface area contributed by atoms with Gasteiger partial charge in [-0.3, -0.25) is 4.90 Å².